The molecule has 0 saturated carbocycles. The molecule has 126 valence electrons. The van der Waals surface area contributed by atoms with Gasteiger partial charge in [0.05, 0.1) is 13.2 Å². The number of hydrogen-bond acceptors (Lipinski definition) is 2. The van der Waals surface area contributed by atoms with E-state index in [0.29, 0.717) is 18.7 Å². The lowest BCUT2D eigenvalue weighted by molar-refractivity contribution is 0.238. The summed E-state index contributed by atoms with van der Waals surface area (Å²) in [5.41, 5.74) is 2.93. The van der Waals surface area contributed by atoms with E-state index in [2.05, 4.69) is 35.1 Å². The SMILES string of the molecule is CC[C@H](CO)NCc1cn(Cc2ccccc2F)c2ccccc12. The number of hydrogen-bond donors (Lipinski definition) is 2. The van der Waals surface area contributed by atoms with Crippen LogP contribution in [0, 0.1) is 5.82 Å². The van der Waals surface area contributed by atoms with Gasteiger partial charge in [0.1, 0.15) is 5.82 Å². The lowest BCUT2D eigenvalue weighted by Crippen LogP contribution is -2.31. The third-order valence-electron chi connectivity index (χ3n) is 4.46. The lowest BCUT2D eigenvalue weighted by Gasteiger charge is -2.13. The Kier molecular flexibility index (Phi) is 5.28. The second-order valence-corrected chi connectivity index (χ2v) is 6.06. The molecule has 0 bridgehead atoms. The Morgan fingerprint density at radius 2 is 1.83 bits per heavy atom. The van der Waals surface area contributed by atoms with Crippen molar-refractivity contribution in [1.82, 2.24) is 9.88 Å². The van der Waals surface area contributed by atoms with Crippen LogP contribution in [0.3, 0.4) is 0 Å². The fourth-order valence-electron chi connectivity index (χ4n) is 3.00. The minimum atomic E-state index is -0.179. The summed E-state index contributed by atoms with van der Waals surface area (Å²) in [6, 6.07) is 15.1. The van der Waals surface area contributed by atoms with Crippen molar-refractivity contribution in [2.24, 2.45) is 0 Å². The predicted octanol–water partition coefficient (Wildman–Crippen LogP) is 3.69. The van der Waals surface area contributed by atoms with Gasteiger partial charge in [0, 0.05) is 35.2 Å². The van der Waals surface area contributed by atoms with E-state index in [1.807, 2.05) is 24.3 Å². The van der Waals surface area contributed by atoms with E-state index in [4.69, 9.17) is 0 Å². The monoisotopic (exact) mass is 326 g/mol. The predicted molar refractivity (Wildman–Crippen MR) is 95.4 cm³/mol. The summed E-state index contributed by atoms with van der Waals surface area (Å²) in [6.07, 6.45) is 2.96. The number of aliphatic hydroxyl groups excluding tert-OH is 1. The first kappa shape index (κ1) is 16.7. The second kappa shape index (κ2) is 7.60. The molecule has 2 N–H and O–H groups in total. The minimum Gasteiger partial charge on any atom is -0.395 e. The van der Waals surface area contributed by atoms with Crippen LogP contribution >= 0.6 is 0 Å². The third-order valence-corrected chi connectivity index (χ3v) is 4.46. The van der Waals surface area contributed by atoms with E-state index in [1.165, 1.54) is 6.07 Å². The average molecular weight is 326 g/mol. The molecule has 3 rings (SSSR count). The standard InChI is InChI=1S/C20H23FN2O/c1-2-17(14-24)22-11-16-13-23(20-10-6-4-8-18(16)20)12-15-7-3-5-9-19(15)21/h3-10,13,17,22,24H,2,11-12,14H2,1H3/t17-/m1/s1. The van der Waals surface area contributed by atoms with Crippen molar-refractivity contribution in [3.63, 3.8) is 0 Å². The number of rotatable bonds is 7. The molecule has 3 nitrogen and oxygen atoms in total. The van der Waals surface area contributed by atoms with E-state index in [0.717, 1.165) is 22.9 Å². The first-order chi connectivity index (χ1) is 11.7. The van der Waals surface area contributed by atoms with Gasteiger partial charge < -0.3 is 15.0 Å². The topological polar surface area (TPSA) is 37.2 Å². The molecule has 2 aromatic carbocycles. The Morgan fingerprint density at radius 3 is 2.58 bits per heavy atom. The van der Waals surface area contributed by atoms with Crippen LogP contribution in [0.4, 0.5) is 4.39 Å². The van der Waals surface area contributed by atoms with Crippen LogP contribution in [0.1, 0.15) is 24.5 Å². The Labute approximate surface area is 141 Å². The van der Waals surface area contributed by atoms with Gasteiger partial charge in [-0.15, -0.1) is 0 Å². The van der Waals surface area contributed by atoms with Gasteiger partial charge in [0.25, 0.3) is 0 Å². The smallest absolute Gasteiger partial charge is 0.128 e. The van der Waals surface area contributed by atoms with Crippen molar-refractivity contribution in [3.05, 3.63) is 71.7 Å². The van der Waals surface area contributed by atoms with Gasteiger partial charge in [-0.1, -0.05) is 43.3 Å². The largest absolute Gasteiger partial charge is 0.395 e. The molecular formula is C20H23FN2O. The van der Waals surface area contributed by atoms with E-state index in [1.54, 1.807) is 6.07 Å². The van der Waals surface area contributed by atoms with Crippen molar-refractivity contribution in [1.29, 1.82) is 0 Å². The molecule has 0 aliphatic rings. The first-order valence-corrected chi connectivity index (χ1v) is 8.37. The normalized spacial score (nSPS) is 12.6. The number of aliphatic hydroxyl groups is 1. The van der Waals surface area contributed by atoms with E-state index in [9.17, 15) is 9.50 Å². The molecule has 0 unspecified atom stereocenters. The number of benzene rings is 2. The molecule has 0 aliphatic heterocycles. The summed E-state index contributed by atoms with van der Waals surface area (Å²) in [5.74, 6) is -0.179. The number of fused-ring (bicyclic) bond motifs is 1. The van der Waals surface area contributed by atoms with Crippen LogP contribution in [0.15, 0.2) is 54.7 Å². The number of para-hydroxylation sites is 1. The van der Waals surface area contributed by atoms with E-state index in [-0.39, 0.29) is 18.5 Å². The Balaban J connectivity index is 1.90. The Bertz CT molecular complexity index is 808. The zero-order valence-electron chi connectivity index (χ0n) is 13.9. The fraction of sp³-hybridized carbons (Fsp3) is 0.300. The van der Waals surface area contributed by atoms with Crippen molar-refractivity contribution in [2.75, 3.05) is 6.61 Å². The molecule has 1 heterocycles. The number of aromatic nitrogens is 1. The van der Waals surface area contributed by atoms with Crippen LogP contribution in [-0.4, -0.2) is 22.3 Å². The Morgan fingerprint density at radius 1 is 1.08 bits per heavy atom. The van der Waals surface area contributed by atoms with E-state index < -0.39 is 0 Å². The third kappa shape index (κ3) is 3.50. The van der Waals surface area contributed by atoms with Crippen LogP contribution in [0.2, 0.25) is 0 Å². The maximum Gasteiger partial charge on any atom is 0.128 e. The molecule has 1 aromatic heterocycles. The van der Waals surface area contributed by atoms with Crippen molar-refractivity contribution in [3.8, 4) is 0 Å². The minimum absolute atomic E-state index is 0.0960. The zero-order chi connectivity index (χ0) is 16.9. The summed E-state index contributed by atoms with van der Waals surface area (Å²) in [7, 11) is 0. The summed E-state index contributed by atoms with van der Waals surface area (Å²) < 4.78 is 16.1. The molecule has 1 atom stereocenters. The van der Waals surface area contributed by atoms with Crippen molar-refractivity contribution in [2.45, 2.75) is 32.5 Å². The fourth-order valence-corrected chi connectivity index (χ4v) is 3.00. The molecule has 0 amide bonds. The van der Waals surface area contributed by atoms with Crippen LogP contribution < -0.4 is 5.32 Å². The molecule has 24 heavy (non-hydrogen) atoms. The average Bonchev–Trinajstić information content (AvgIpc) is 2.96. The number of nitrogens with one attached hydrogen (secondary N) is 1. The molecule has 0 aliphatic carbocycles. The van der Waals surface area contributed by atoms with Gasteiger partial charge in [-0.3, -0.25) is 0 Å². The van der Waals surface area contributed by atoms with Crippen molar-refractivity contribution >= 4 is 10.9 Å². The van der Waals surface area contributed by atoms with Crippen LogP contribution in [0.5, 0.6) is 0 Å². The maximum absolute atomic E-state index is 14.0. The second-order valence-electron chi connectivity index (χ2n) is 6.06. The molecule has 0 spiro atoms. The summed E-state index contributed by atoms with van der Waals surface area (Å²) in [4.78, 5) is 0. The summed E-state index contributed by atoms with van der Waals surface area (Å²) in [5, 5.41) is 13.9. The molecule has 0 radical (unpaired) electrons. The molecule has 0 fully saturated rings. The van der Waals surface area contributed by atoms with Gasteiger partial charge in [0.15, 0.2) is 0 Å². The number of halogens is 1. The van der Waals surface area contributed by atoms with Crippen molar-refractivity contribution < 1.29 is 9.50 Å². The summed E-state index contributed by atoms with van der Waals surface area (Å²) in [6.45, 7) is 3.37. The van der Waals surface area contributed by atoms with E-state index >= 15 is 0 Å². The number of nitrogens with zero attached hydrogens (tertiary/aromatic N) is 1. The maximum atomic E-state index is 14.0. The Hall–Kier alpha value is -2.17. The molecule has 4 heteroatoms. The molecular weight excluding hydrogens is 303 g/mol. The van der Waals surface area contributed by atoms with Gasteiger partial charge in [-0.05, 0) is 24.1 Å². The zero-order valence-corrected chi connectivity index (χ0v) is 13.9. The molecule has 3 aromatic rings. The highest BCUT2D eigenvalue weighted by Crippen LogP contribution is 2.23. The lowest BCUT2D eigenvalue weighted by atomic mass is 10.1. The highest BCUT2D eigenvalue weighted by Gasteiger charge is 2.11. The van der Waals surface area contributed by atoms with Gasteiger partial charge in [0.2, 0.25) is 0 Å². The first-order valence-electron chi connectivity index (χ1n) is 8.37. The van der Waals surface area contributed by atoms with Gasteiger partial charge in [-0.2, -0.15) is 0 Å². The van der Waals surface area contributed by atoms with Gasteiger partial charge in [-0.25, -0.2) is 4.39 Å². The highest BCUT2D eigenvalue weighted by molar-refractivity contribution is 5.84. The van der Waals surface area contributed by atoms with Gasteiger partial charge >= 0.3 is 0 Å². The quantitative estimate of drug-likeness (QED) is 0.695. The summed E-state index contributed by atoms with van der Waals surface area (Å²) >= 11 is 0. The highest BCUT2D eigenvalue weighted by atomic mass is 19.1. The molecule has 0 saturated heterocycles. The van der Waals surface area contributed by atoms with Crippen LogP contribution in [-0.2, 0) is 13.1 Å². The van der Waals surface area contributed by atoms with Crippen LogP contribution in [0.25, 0.3) is 10.9 Å².